The molecule has 2 aromatic carbocycles. The van der Waals surface area contributed by atoms with E-state index in [2.05, 4.69) is 6.07 Å². The van der Waals surface area contributed by atoms with E-state index in [1.807, 2.05) is 50.2 Å². The first-order valence-corrected chi connectivity index (χ1v) is 7.00. The molecule has 1 unspecified atom stereocenters. The van der Waals surface area contributed by atoms with E-state index in [-0.39, 0.29) is 11.9 Å². The van der Waals surface area contributed by atoms with Crippen LogP contribution >= 0.6 is 0 Å². The summed E-state index contributed by atoms with van der Waals surface area (Å²) >= 11 is 0. The van der Waals surface area contributed by atoms with Crippen molar-refractivity contribution in [1.29, 1.82) is 0 Å². The molecular weight excluding hydrogens is 248 g/mol. The van der Waals surface area contributed by atoms with E-state index in [9.17, 15) is 4.79 Å². The van der Waals surface area contributed by atoms with Gasteiger partial charge in [0, 0.05) is 18.4 Å². The van der Waals surface area contributed by atoms with E-state index in [4.69, 9.17) is 4.74 Å². The van der Waals surface area contributed by atoms with Crippen molar-refractivity contribution in [3.63, 3.8) is 0 Å². The molecule has 20 heavy (non-hydrogen) atoms. The molecule has 3 rings (SSSR count). The van der Waals surface area contributed by atoms with Gasteiger partial charge in [0.1, 0.15) is 11.9 Å². The summed E-state index contributed by atoms with van der Waals surface area (Å²) in [6, 6.07) is 13.9. The Balaban J connectivity index is 1.80. The summed E-state index contributed by atoms with van der Waals surface area (Å²) in [5, 5.41) is 0. The minimum absolute atomic E-state index is 0.165. The fraction of sp³-hybridized carbons (Fsp3) is 0.278. The van der Waals surface area contributed by atoms with Gasteiger partial charge in [0.05, 0.1) is 0 Å². The average Bonchev–Trinajstić information content (AvgIpc) is 2.77. The first-order chi connectivity index (χ1) is 9.61. The lowest BCUT2D eigenvalue weighted by atomic mass is 9.99. The highest BCUT2D eigenvalue weighted by Crippen LogP contribution is 2.29. The van der Waals surface area contributed by atoms with Gasteiger partial charge in [0.15, 0.2) is 5.78 Å². The zero-order chi connectivity index (χ0) is 14.1. The number of ether oxygens (including phenoxy) is 1. The van der Waals surface area contributed by atoms with Crippen molar-refractivity contribution in [2.75, 3.05) is 0 Å². The topological polar surface area (TPSA) is 26.3 Å². The molecule has 0 radical (unpaired) electrons. The average molecular weight is 266 g/mol. The number of benzene rings is 2. The van der Waals surface area contributed by atoms with Crippen molar-refractivity contribution >= 4 is 5.78 Å². The molecule has 0 N–H and O–H groups in total. The molecule has 1 aliphatic rings. The van der Waals surface area contributed by atoms with E-state index in [0.29, 0.717) is 6.42 Å². The third-order valence-electron chi connectivity index (χ3n) is 3.67. The number of Topliss-reactive ketones (excluding diaryl/α,β-unsaturated/α-hetero) is 1. The summed E-state index contributed by atoms with van der Waals surface area (Å²) < 4.78 is 5.66. The van der Waals surface area contributed by atoms with Crippen LogP contribution in [-0.4, -0.2) is 11.9 Å². The molecule has 0 saturated heterocycles. The molecule has 0 aromatic heterocycles. The zero-order valence-electron chi connectivity index (χ0n) is 11.8. The molecule has 1 atom stereocenters. The molecule has 1 aliphatic heterocycles. The standard InChI is InChI=1S/C18H18O2/c1-12-4-3-5-14(8-12)10-17(19)15-6-7-18-16(11-15)9-13(2)20-18/h3-8,11,13H,9-10H2,1-2H3. The van der Waals surface area contributed by atoms with Crippen molar-refractivity contribution in [2.45, 2.75) is 32.8 Å². The Morgan fingerprint density at radius 3 is 2.90 bits per heavy atom. The molecule has 2 nitrogen and oxygen atoms in total. The molecule has 2 heteroatoms. The van der Waals surface area contributed by atoms with Crippen LogP contribution in [0.15, 0.2) is 42.5 Å². The van der Waals surface area contributed by atoms with Gasteiger partial charge in [-0.25, -0.2) is 0 Å². The predicted molar refractivity (Wildman–Crippen MR) is 79.4 cm³/mol. The summed E-state index contributed by atoms with van der Waals surface area (Å²) in [7, 11) is 0. The van der Waals surface area contributed by atoms with E-state index < -0.39 is 0 Å². The first kappa shape index (κ1) is 12.9. The number of hydrogen-bond acceptors (Lipinski definition) is 2. The Morgan fingerprint density at radius 1 is 1.25 bits per heavy atom. The van der Waals surface area contributed by atoms with E-state index >= 15 is 0 Å². The Kier molecular flexibility index (Phi) is 3.31. The van der Waals surface area contributed by atoms with Gasteiger partial charge >= 0.3 is 0 Å². The molecule has 1 heterocycles. The molecule has 102 valence electrons. The SMILES string of the molecule is Cc1cccc(CC(=O)c2ccc3c(c2)CC(C)O3)c1. The number of fused-ring (bicyclic) bond motifs is 1. The zero-order valence-corrected chi connectivity index (χ0v) is 11.8. The van der Waals surface area contributed by atoms with Crippen LogP contribution in [0.2, 0.25) is 0 Å². The highest BCUT2D eigenvalue weighted by atomic mass is 16.5. The summed E-state index contributed by atoms with van der Waals surface area (Å²) in [5.74, 6) is 1.09. The number of ketones is 1. The van der Waals surface area contributed by atoms with E-state index in [0.717, 1.165) is 28.9 Å². The van der Waals surface area contributed by atoms with Crippen LogP contribution in [-0.2, 0) is 12.8 Å². The molecule has 0 aliphatic carbocycles. The number of carbonyl (C=O) groups excluding carboxylic acids is 1. The van der Waals surface area contributed by atoms with Crippen molar-refractivity contribution in [3.05, 3.63) is 64.7 Å². The van der Waals surface area contributed by atoms with Crippen LogP contribution in [0.4, 0.5) is 0 Å². The van der Waals surface area contributed by atoms with Crippen LogP contribution in [0, 0.1) is 6.92 Å². The maximum atomic E-state index is 12.4. The second-order valence-corrected chi connectivity index (χ2v) is 5.54. The van der Waals surface area contributed by atoms with Crippen LogP contribution in [0.25, 0.3) is 0 Å². The monoisotopic (exact) mass is 266 g/mol. The van der Waals surface area contributed by atoms with Crippen LogP contribution in [0.3, 0.4) is 0 Å². The number of aryl methyl sites for hydroxylation is 1. The molecule has 0 saturated carbocycles. The Hall–Kier alpha value is -2.09. The van der Waals surface area contributed by atoms with Gasteiger partial charge in [-0.2, -0.15) is 0 Å². The van der Waals surface area contributed by atoms with Crippen LogP contribution in [0.5, 0.6) is 5.75 Å². The smallest absolute Gasteiger partial charge is 0.167 e. The van der Waals surface area contributed by atoms with Crippen LogP contribution in [0.1, 0.15) is 34.0 Å². The Morgan fingerprint density at radius 2 is 2.10 bits per heavy atom. The molecule has 0 spiro atoms. The number of hydrogen-bond donors (Lipinski definition) is 0. The maximum Gasteiger partial charge on any atom is 0.167 e. The quantitative estimate of drug-likeness (QED) is 0.791. The van der Waals surface area contributed by atoms with Gasteiger partial charge in [-0.15, -0.1) is 0 Å². The van der Waals surface area contributed by atoms with Gasteiger partial charge in [-0.1, -0.05) is 29.8 Å². The molecular formula is C18H18O2. The van der Waals surface area contributed by atoms with Crippen molar-refractivity contribution < 1.29 is 9.53 Å². The van der Waals surface area contributed by atoms with Gasteiger partial charge in [0.25, 0.3) is 0 Å². The minimum atomic E-state index is 0.165. The van der Waals surface area contributed by atoms with E-state index in [1.54, 1.807) is 0 Å². The normalized spacial score (nSPS) is 16.6. The fourth-order valence-corrected chi connectivity index (χ4v) is 2.71. The van der Waals surface area contributed by atoms with Gasteiger partial charge < -0.3 is 4.74 Å². The summed E-state index contributed by atoms with van der Waals surface area (Å²) in [4.78, 5) is 12.4. The second-order valence-electron chi connectivity index (χ2n) is 5.54. The molecule has 0 amide bonds. The van der Waals surface area contributed by atoms with Crippen molar-refractivity contribution in [1.82, 2.24) is 0 Å². The summed E-state index contributed by atoms with van der Waals surface area (Å²) in [6.45, 7) is 4.09. The third-order valence-corrected chi connectivity index (χ3v) is 3.67. The Labute approximate surface area is 119 Å². The van der Waals surface area contributed by atoms with Crippen molar-refractivity contribution in [3.8, 4) is 5.75 Å². The lowest BCUT2D eigenvalue weighted by Crippen LogP contribution is -2.05. The summed E-state index contributed by atoms with van der Waals surface area (Å²) in [6.07, 6.45) is 1.56. The Bertz CT molecular complexity index is 658. The van der Waals surface area contributed by atoms with Gasteiger partial charge in [-0.05, 0) is 43.2 Å². The highest BCUT2D eigenvalue weighted by Gasteiger charge is 2.20. The number of rotatable bonds is 3. The molecule has 0 fully saturated rings. The van der Waals surface area contributed by atoms with E-state index in [1.165, 1.54) is 5.56 Å². The predicted octanol–water partition coefficient (Wildman–Crippen LogP) is 3.74. The lowest BCUT2D eigenvalue weighted by Gasteiger charge is -2.05. The van der Waals surface area contributed by atoms with Crippen LogP contribution < -0.4 is 4.74 Å². The molecule has 2 aromatic rings. The maximum absolute atomic E-state index is 12.4. The van der Waals surface area contributed by atoms with Crippen molar-refractivity contribution in [2.24, 2.45) is 0 Å². The molecule has 0 bridgehead atoms. The fourth-order valence-electron chi connectivity index (χ4n) is 2.71. The van der Waals surface area contributed by atoms with Gasteiger partial charge in [0.2, 0.25) is 0 Å². The minimum Gasteiger partial charge on any atom is -0.490 e. The lowest BCUT2D eigenvalue weighted by molar-refractivity contribution is 0.0993. The largest absolute Gasteiger partial charge is 0.490 e. The first-order valence-electron chi connectivity index (χ1n) is 7.00. The number of carbonyl (C=O) groups is 1. The summed E-state index contributed by atoms with van der Waals surface area (Å²) in [5.41, 5.74) is 4.18. The third kappa shape index (κ3) is 2.60. The highest BCUT2D eigenvalue weighted by molar-refractivity contribution is 5.97. The second kappa shape index (κ2) is 5.12. The van der Waals surface area contributed by atoms with Gasteiger partial charge in [-0.3, -0.25) is 4.79 Å².